The van der Waals surface area contributed by atoms with Gasteiger partial charge in [-0.15, -0.1) is 11.6 Å². The molecule has 4 nitrogen and oxygen atoms in total. The van der Waals surface area contributed by atoms with Crippen LogP contribution >= 0.6 is 11.6 Å². The number of carboxylic acids is 2. The minimum Gasteiger partial charge on any atom is -1.00 e. The summed E-state index contributed by atoms with van der Waals surface area (Å²) in [7, 11) is 0. The van der Waals surface area contributed by atoms with E-state index in [-0.39, 0.29) is 31.0 Å². The van der Waals surface area contributed by atoms with Crippen LogP contribution in [0.25, 0.3) is 0 Å². The Kier molecular flexibility index (Phi) is 7.69. The molecule has 6 heteroatoms. The quantitative estimate of drug-likeness (QED) is 0.362. The molecule has 0 bridgehead atoms. The van der Waals surface area contributed by atoms with Crippen LogP contribution in [-0.2, 0) is 9.59 Å². The minimum atomic E-state index is -1.32. The van der Waals surface area contributed by atoms with E-state index in [1.807, 2.05) is 0 Å². The topological polar surface area (TPSA) is 74.6 Å². The molecule has 0 spiro atoms. The monoisotopic (exact) mass is 176 g/mol. The van der Waals surface area contributed by atoms with E-state index in [1.165, 1.54) is 0 Å². The van der Waals surface area contributed by atoms with Crippen LogP contribution in [0.2, 0.25) is 0 Å². The van der Waals surface area contributed by atoms with Crippen molar-refractivity contribution in [3.63, 3.8) is 0 Å². The van der Waals surface area contributed by atoms with Crippen LogP contribution < -0.4 is 29.6 Å². The summed E-state index contributed by atoms with van der Waals surface area (Å²) >= 11 is 5.03. The molecule has 54 valence electrons. The number of aliphatic carboxylic acids is 2. The number of rotatable bonds is 3. The van der Waals surface area contributed by atoms with E-state index in [2.05, 4.69) is 0 Å². The molecule has 0 heterocycles. The van der Waals surface area contributed by atoms with Gasteiger partial charge in [-0.1, -0.05) is 0 Å². The van der Waals surface area contributed by atoms with E-state index in [9.17, 15) is 9.59 Å². The predicted octanol–water partition coefficient (Wildman–Crippen LogP) is -2.73. The summed E-state index contributed by atoms with van der Waals surface area (Å²) in [5, 5.41) is 14.7. The first-order valence-corrected chi connectivity index (χ1v) is 2.56. The molecule has 0 amide bonds. The van der Waals surface area contributed by atoms with E-state index in [4.69, 9.17) is 21.8 Å². The first-order valence-electron chi connectivity index (χ1n) is 2.12. The zero-order valence-electron chi connectivity index (χ0n) is 6.37. The van der Waals surface area contributed by atoms with Gasteiger partial charge in [0.1, 0.15) is 5.38 Å². The van der Waals surface area contributed by atoms with Crippen molar-refractivity contribution in [3.05, 3.63) is 0 Å². The van der Waals surface area contributed by atoms with Crippen LogP contribution in [0.4, 0.5) is 0 Å². The second-order valence-electron chi connectivity index (χ2n) is 1.40. The zero-order valence-corrected chi connectivity index (χ0v) is 8.13. The fraction of sp³-hybridized carbons (Fsp3) is 0.500. The van der Waals surface area contributed by atoms with Crippen LogP contribution in [0.15, 0.2) is 0 Å². The van der Waals surface area contributed by atoms with Crippen molar-refractivity contribution >= 4 is 23.5 Å². The Bertz CT molecular complexity index is 142. The normalized spacial score (nSPS) is 11.3. The van der Waals surface area contributed by atoms with Crippen LogP contribution in [0.3, 0.4) is 0 Å². The summed E-state index contributed by atoms with van der Waals surface area (Å²) in [6.07, 6.45) is -0.545. The Morgan fingerprint density at radius 1 is 1.50 bits per heavy atom. The summed E-state index contributed by atoms with van der Waals surface area (Å²) in [6.45, 7) is 0. The molecule has 0 aromatic heterocycles. The third-order valence-electron chi connectivity index (χ3n) is 0.622. The summed E-state index contributed by atoms with van der Waals surface area (Å²) in [4.78, 5) is 19.6. The molecule has 0 aromatic rings. The molecule has 0 fully saturated rings. The third kappa shape index (κ3) is 6.35. The molecule has 0 saturated carbocycles. The Balaban J connectivity index is -0.000000320. The minimum absolute atomic E-state index is 0. The molecule has 0 rings (SSSR count). The van der Waals surface area contributed by atoms with E-state index < -0.39 is 23.7 Å². The maximum absolute atomic E-state index is 9.84. The van der Waals surface area contributed by atoms with Crippen molar-refractivity contribution in [2.24, 2.45) is 0 Å². The van der Waals surface area contributed by atoms with Gasteiger partial charge in [-0.05, 0) is 0 Å². The number of alkyl halides is 1. The molecule has 1 unspecified atom stereocenters. The van der Waals surface area contributed by atoms with E-state index >= 15 is 0 Å². The fourth-order valence-corrected chi connectivity index (χ4v) is 0.373. The maximum atomic E-state index is 9.84. The average molecular weight is 177 g/mol. The molecule has 0 saturated heterocycles. The van der Waals surface area contributed by atoms with Crippen LogP contribution in [0.5, 0.6) is 0 Å². The van der Waals surface area contributed by atoms with Crippen molar-refractivity contribution < 1.29 is 50.8 Å². The summed E-state index contributed by atoms with van der Waals surface area (Å²) in [5.41, 5.74) is 0. The first-order chi connectivity index (χ1) is 4.04. The Hall–Kier alpha value is 0.230. The van der Waals surface area contributed by atoms with Crippen LogP contribution in [0, 0.1) is 0 Å². The second-order valence-corrected chi connectivity index (χ2v) is 1.93. The molecular formula is C4H6ClNaO4. The number of carbonyl (C=O) groups is 2. The van der Waals surface area contributed by atoms with E-state index in [1.54, 1.807) is 0 Å². The fourth-order valence-electron chi connectivity index (χ4n) is 0.241. The second kappa shape index (κ2) is 5.97. The van der Waals surface area contributed by atoms with Gasteiger partial charge in [-0.3, -0.25) is 9.59 Å². The summed E-state index contributed by atoms with van der Waals surface area (Å²) in [6, 6.07) is 0. The number of carboxylic acid groups (broad SMARTS) is 2. The standard InChI is InChI=1S/C4H5ClO4.Na.H/c5-2(4(8)9)1-3(6)7;;/h2H,1H2,(H,6,7)(H,8,9);;/q;+1;-1. The summed E-state index contributed by atoms with van der Waals surface area (Å²) < 4.78 is 0. The van der Waals surface area contributed by atoms with Crippen molar-refractivity contribution in [2.75, 3.05) is 0 Å². The molecule has 10 heavy (non-hydrogen) atoms. The average Bonchev–Trinajstić information content (AvgIpc) is 1.63. The van der Waals surface area contributed by atoms with E-state index in [0.29, 0.717) is 0 Å². The van der Waals surface area contributed by atoms with Gasteiger partial charge in [0.25, 0.3) is 0 Å². The summed E-state index contributed by atoms with van der Waals surface area (Å²) in [5.74, 6) is -2.52. The molecule has 0 aliphatic rings. The number of hydrogen-bond acceptors (Lipinski definition) is 2. The Morgan fingerprint density at radius 2 is 1.90 bits per heavy atom. The molecule has 0 aromatic carbocycles. The van der Waals surface area contributed by atoms with Gasteiger partial charge < -0.3 is 11.6 Å². The van der Waals surface area contributed by atoms with Gasteiger partial charge in [-0.2, -0.15) is 0 Å². The van der Waals surface area contributed by atoms with Gasteiger partial charge in [-0.25, -0.2) is 0 Å². The largest absolute Gasteiger partial charge is 1.00 e. The van der Waals surface area contributed by atoms with E-state index in [0.717, 1.165) is 0 Å². The van der Waals surface area contributed by atoms with Crippen molar-refractivity contribution in [2.45, 2.75) is 11.8 Å². The molecule has 0 aliphatic carbocycles. The van der Waals surface area contributed by atoms with Crippen LogP contribution in [0.1, 0.15) is 7.85 Å². The van der Waals surface area contributed by atoms with Gasteiger partial charge in [0.2, 0.25) is 0 Å². The molecule has 2 N–H and O–H groups in total. The molecule has 0 aliphatic heterocycles. The third-order valence-corrected chi connectivity index (χ3v) is 0.963. The molecule has 1 atom stereocenters. The number of halogens is 1. The van der Waals surface area contributed by atoms with Crippen molar-refractivity contribution in [3.8, 4) is 0 Å². The van der Waals surface area contributed by atoms with Gasteiger partial charge in [0.15, 0.2) is 0 Å². The van der Waals surface area contributed by atoms with Crippen molar-refractivity contribution in [1.82, 2.24) is 0 Å². The van der Waals surface area contributed by atoms with Gasteiger partial charge >= 0.3 is 41.5 Å². The Labute approximate surface area is 85.9 Å². The predicted molar refractivity (Wildman–Crippen MR) is 30.6 cm³/mol. The number of hydrogen-bond donors (Lipinski definition) is 2. The van der Waals surface area contributed by atoms with Crippen LogP contribution in [-0.4, -0.2) is 27.5 Å². The van der Waals surface area contributed by atoms with Gasteiger partial charge in [0, 0.05) is 0 Å². The molecule has 0 radical (unpaired) electrons. The van der Waals surface area contributed by atoms with Gasteiger partial charge in [0.05, 0.1) is 6.42 Å². The SMILES string of the molecule is O=C(O)CC(Cl)C(=O)O.[H-].[Na+]. The smallest absolute Gasteiger partial charge is 1.00 e. The van der Waals surface area contributed by atoms with Crippen molar-refractivity contribution in [1.29, 1.82) is 0 Å². The molecular weight excluding hydrogens is 170 g/mol. The first kappa shape index (κ1) is 12.9. The zero-order chi connectivity index (χ0) is 7.44. The Morgan fingerprint density at radius 3 is 2.00 bits per heavy atom. The maximum Gasteiger partial charge on any atom is 1.00 e.